The lowest BCUT2D eigenvalue weighted by atomic mass is 9.93. The maximum atomic E-state index is 12.0. The van der Waals surface area contributed by atoms with E-state index in [9.17, 15) is 8.42 Å². The molecule has 0 spiro atoms. The molecule has 0 aromatic carbocycles. The Balaban J connectivity index is 0.000000326. The van der Waals surface area contributed by atoms with Crippen molar-refractivity contribution in [3.8, 4) is 0 Å². The number of carboxylic acid groups (broad SMARTS) is 2. The zero-order valence-corrected chi connectivity index (χ0v) is 15.4. The molecule has 144 valence electrons. The molecule has 2 saturated carbocycles. The van der Waals surface area contributed by atoms with Crippen molar-refractivity contribution >= 4 is 22.0 Å². The number of rotatable bonds is 4. The number of carbonyl (C=O) groups is 2. The largest absolute Gasteiger partial charge is 0.473 e. The van der Waals surface area contributed by atoms with Gasteiger partial charge < -0.3 is 10.2 Å². The van der Waals surface area contributed by atoms with Crippen LogP contribution in [0.15, 0.2) is 0 Å². The van der Waals surface area contributed by atoms with Crippen LogP contribution in [0.3, 0.4) is 0 Å². The summed E-state index contributed by atoms with van der Waals surface area (Å²) in [5.74, 6) is -1.47. The molecule has 3 rings (SSSR count). The van der Waals surface area contributed by atoms with E-state index in [1.54, 1.807) is 4.31 Å². The van der Waals surface area contributed by atoms with Gasteiger partial charge >= 0.3 is 11.9 Å². The minimum Gasteiger partial charge on any atom is -0.473 e. The standard InChI is InChI=1S/C14H26N2O2S.C2H2O4/c1-2-9-19(17,18)16-7-5-15(6-8-16)14-11-12-3-4-13(14)10-12;3-1(4)2(5)6/h12-14H,2-11H2,1H3;(H,3,4)(H,5,6). The second kappa shape index (κ2) is 8.46. The van der Waals surface area contributed by atoms with E-state index in [0.29, 0.717) is 18.8 Å². The number of carboxylic acids is 2. The maximum Gasteiger partial charge on any atom is 0.414 e. The highest BCUT2D eigenvalue weighted by molar-refractivity contribution is 7.89. The van der Waals surface area contributed by atoms with Gasteiger partial charge in [0.2, 0.25) is 10.0 Å². The van der Waals surface area contributed by atoms with Gasteiger partial charge in [-0.15, -0.1) is 0 Å². The van der Waals surface area contributed by atoms with Crippen molar-refractivity contribution < 1.29 is 28.2 Å². The summed E-state index contributed by atoms with van der Waals surface area (Å²) in [6.07, 6.45) is 6.36. The van der Waals surface area contributed by atoms with Crippen LogP contribution in [-0.4, -0.2) is 77.7 Å². The van der Waals surface area contributed by atoms with Crippen molar-refractivity contribution in [3.63, 3.8) is 0 Å². The number of nitrogens with zero attached hydrogens (tertiary/aromatic N) is 2. The third-order valence-corrected chi connectivity index (χ3v) is 7.56. The van der Waals surface area contributed by atoms with Crippen molar-refractivity contribution in [2.45, 2.75) is 45.1 Å². The Morgan fingerprint density at radius 2 is 1.60 bits per heavy atom. The van der Waals surface area contributed by atoms with E-state index >= 15 is 0 Å². The van der Waals surface area contributed by atoms with E-state index in [0.717, 1.165) is 37.4 Å². The van der Waals surface area contributed by atoms with Gasteiger partial charge in [0.15, 0.2) is 0 Å². The topological polar surface area (TPSA) is 115 Å². The molecular formula is C16H28N2O6S. The fraction of sp³-hybridized carbons (Fsp3) is 0.875. The Bertz CT molecular complexity index is 573. The van der Waals surface area contributed by atoms with Gasteiger partial charge in [-0.1, -0.05) is 13.3 Å². The van der Waals surface area contributed by atoms with E-state index in [4.69, 9.17) is 19.8 Å². The van der Waals surface area contributed by atoms with Crippen LogP contribution in [0, 0.1) is 11.8 Å². The first kappa shape index (κ1) is 20.1. The minimum atomic E-state index is -2.98. The molecule has 3 unspecified atom stereocenters. The van der Waals surface area contributed by atoms with E-state index in [-0.39, 0.29) is 0 Å². The third kappa shape index (κ3) is 5.15. The number of fused-ring (bicyclic) bond motifs is 2. The predicted molar refractivity (Wildman–Crippen MR) is 91.7 cm³/mol. The Hall–Kier alpha value is -1.19. The first-order valence-corrected chi connectivity index (χ1v) is 10.5. The average molecular weight is 376 g/mol. The first-order valence-electron chi connectivity index (χ1n) is 8.92. The van der Waals surface area contributed by atoms with Gasteiger partial charge in [0.1, 0.15) is 0 Å². The molecule has 2 aliphatic carbocycles. The molecule has 9 heteroatoms. The number of piperazine rings is 1. The second-order valence-electron chi connectivity index (χ2n) is 7.10. The van der Waals surface area contributed by atoms with Gasteiger partial charge in [0.05, 0.1) is 5.75 Å². The third-order valence-electron chi connectivity index (χ3n) is 5.48. The van der Waals surface area contributed by atoms with Crippen molar-refractivity contribution in [3.05, 3.63) is 0 Å². The molecule has 3 aliphatic rings. The van der Waals surface area contributed by atoms with Crippen molar-refractivity contribution in [1.29, 1.82) is 0 Å². The summed E-state index contributed by atoms with van der Waals surface area (Å²) >= 11 is 0. The Kier molecular flexibility index (Phi) is 6.81. The molecule has 3 atom stereocenters. The fourth-order valence-electron chi connectivity index (χ4n) is 4.36. The number of sulfonamides is 1. The lowest BCUT2D eigenvalue weighted by Crippen LogP contribution is -2.53. The van der Waals surface area contributed by atoms with E-state index in [1.807, 2.05) is 6.92 Å². The molecule has 0 amide bonds. The number of aliphatic carboxylic acids is 2. The molecule has 1 heterocycles. The van der Waals surface area contributed by atoms with E-state index in [1.165, 1.54) is 25.7 Å². The zero-order valence-electron chi connectivity index (χ0n) is 14.6. The minimum absolute atomic E-state index is 0.307. The van der Waals surface area contributed by atoms with E-state index < -0.39 is 22.0 Å². The van der Waals surface area contributed by atoms with Crippen LogP contribution in [0.25, 0.3) is 0 Å². The van der Waals surface area contributed by atoms with Gasteiger partial charge in [-0.05, 0) is 37.5 Å². The molecule has 2 N–H and O–H groups in total. The van der Waals surface area contributed by atoms with Crippen LogP contribution in [0.5, 0.6) is 0 Å². The summed E-state index contributed by atoms with van der Waals surface area (Å²) in [5, 5.41) is 14.8. The van der Waals surface area contributed by atoms with E-state index in [2.05, 4.69) is 4.90 Å². The molecule has 1 aliphatic heterocycles. The molecule has 0 radical (unpaired) electrons. The smallest absolute Gasteiger partial charge is 0.414 e. The molecule has 2 bridgehead atoms. The highest BCUT2D eigenvalue weighted by Crippen LogP contribution is 2.46. The SMILES string of the molecule is CCCS(=O)(=O)N1CCN(C2CC3CCC2C3)CC1.O=C(O)C(=O)O. The van der Waals surface area contributed by atoms with Crippen LogP contribution >= 0.6 is 0 Å². The summed E-state index contributed by atoms with van der Waals surface area (Å²) in [7, 11) is -2.98. The van der Waals surface area contributed by atoms with Gasteiger partial charge in [0, 0.05) is 32.2 Å². The highest BCUT2D eigenvalue weighted by Gasteiger charge is 2.43. The molecule has 25 heavy (non-hydrogen) atoms. The Labute approximate surface area is 148 Å². The summed E-state index contributed by atoms with van der Waals surface area (Å²) < 4.78 is 25.8. The van der Waals surface area contributed by atoms with Crippen molar-refractivity contribution in [1.82, 2.24) is 9.21 Å². The first-order chi connectivity index (χ1) is 11.7. The van der Waals surface area contributed by atoms with Crippen molar-refractivity contribution in [2.75, 3.05) is 31.9 Å². The lowest BCUT2D eigenvalue weighted by Gasteiger charge is -2.40. The number of hydrogen-bond donors (Lipinski definition) is 2. The number of hydrogen-bond acceptors (Lipinski definition) is 5. The monoisotopic (exact) mass is 376 g/mol. The summed E-state index contributed by atoms with van der Waals surface area (Å²) in [6, 6.07) is 0.759. The van der Waals surface area contributed by atoms with Gasteiger partial charge in [-0.3, -0.25) is 4.90 Å². The molecule has 3 fully saturated rings. The zero-order chi connectivity index (χ0) is 18.6. The van der Waals surface area contributed by atoms with Crippen LogP contribution in [0.2, 0.25) is 0 Å². The average Bonchev–Trinajstić information content (AvgIpc) is 3.18. The lowest BCUT2D eigenvalue weighted by molar-refractivity contribution is -0.159. The normalized spacial score (nSPS) is 29.9. The predicted octanol–water partition coefficient (Wildman–Crippen LogP) is 0.688. The Morgan fingerprint density at radius 1 is 1.00 bits per heavy atom. The van der Waals surface area contributed by atoms with Crippen LogP contribution in [0.1, 0.15) is 39.0 Å². The molecule has 0 aromatic heterocycles. The molecule has 1 saturated heterocycles. The molecule has 0 aromatic rings. The molecule has 8 nitrogen and oxygen atoms in total. The fourth-order valence-corrected chi connectivity index (χ4v) is 5.85. The van der Waals surface area contributed by atoms with Crippen LogP contribution in [-0.2, 0) is 19.6 Å². The van der Waals surface area contributed by atoms with Gasteiger partial charge in [-0.2, -0.15) is 4.31 Å². The Morgan fingerprint density at radius 3 is 2.00 bits per heavy atom. The summed E-state index contributed by atoms with van der Waals surface area (Å²) in [6.45, 7) is 5.23. The molecular weight excluding hydrogens is 348 g/mol. The van der Waals surface area contributed by atoms with Gasteiger partial charge in [-0.25, -0.2) is 18.0 Å². The van der Waals surface area contributed by atoms with Gasteiger partial charge in [0.25, 0.3) is 0 Å². The van der Waals surface area contributed by atoms with Crippen LogP contribution in [0.4, 0.5) is 0 Å². The maximum absolute atomic E-state index is 12.0. The van der Waals surface area contributed by atoms with Crippen LogP contribution < -0.4 is 0 Å². The van der Waals surface area contributed by atoms with Crippen molar-refractivity contribution in [2.24, 2.45) is 11.8 Å². The summed E-state index contributed by atoms with van der Waals surface area (Å²) in [5.41, 5.74) is 0. The second-order valence-corrected chi connectivity index (χ2v) is 9.19. The highest BCUT2D eigenvalue weighted by atomic mass is 32.2. The quantitative estimate of drug-likeness (QED) is 0.694. The summed E-state index contributed by atoms with van der Waals surface area (Å²) in [4.78, 5) is 20.8.